The molecule has 1 saturated heterocycles. The van der Waals surface area contributed by atoms with Crippen LogP contribution in [0.5, 0.6) is 0 Å². The Balaban J connectivity index is 1.82. The Morgan fingerprint density at radius 2 is 1.83 bits per heavy atom. The highest BCUT2D eigenvalue weighted by molar-refractivity contribution is 6.30. The Labute approximate surface area is 148 Å². The molecule has 1 heterocycles. The van der Waals surface area contributed by atoms with Crippen LogP contribution in [0.1, 0.15) is 42.9 Å². The number of hydrogen-bond donors (Lipinski definition) is 1. The van der Waals surface area contributed by atoms with Crippen LogP contribution in [-0.4, -0.2) is 17.5 Å². The fourth-order valence-electron chi connectivity index (χ4n) is 3.28. The van der Waals surface area contributed by atoms with E-state index >= 15 is 0 Å². The molecule has 126 valence electrons. The van der Waals surface area contributed by atoms with Crippen molar-refractivity contribution in [2.45, 2.75) is 38.6 Å². The molecule has 1 N–H and O–H groups in total. The number of anilines is 1. The Bertz CT molecular complexity index is 699. The molecule has 4 heteroatoms. The zero-order chi connectivity index (χ0) is 16.9. The van der Waals surface area contributed by atoms with Crippen LogP contribution in [0.25, 0.3) is 0 Å². The molecule has 0 radical (unpaired) electrons. The van der Waals surface area contributed by atoms with Crippen LogP contribution < -0.4 is 5.32 Å². The van der Waals surface area contributed by atoms with Gasteiger partial charge < -0.3 is 10.2 Å². The van der Waals surface area contributed by atoms with E-state index in [9.17, 15) is 4.79 Å². The number of benzene rings is 2. The summed E-state index contributed by atoms with van der Waals surface area (Å²) in [6.07, 6.45) is 4.34. The summed E-state index contributed by atoms with van der Waals surface area (Å²) in [5.74, 6) is 0. The number of urea groups is 1. The zero-order valence-corrected chi connectivity index (χ0v) is 14.7. The number of amides is 2. The first-order valence-electron chi connectivity index (χ1n) is 8.54. The smallest absolute Gasteiger partial charge is 0.317 e. The number of aryl methyl sites for hydroxylation is 1. The number of nitrogens with zero attached hydrogens (tertiary/aromatic N) is 1. The first kappa shape index (κ1) is 16.8. The van der Waals surface area contributed by atoms with Crippen LogP contribution in [-0.2, 0) is 0 Å². The van der Waals surface area contributed by atoms with Crippen LogP contribution in [0.2, 0.25) is 5.02 Å². The average Bonchev–Trinajstić information content (AvgIpc) is 2.84. The molecule has 3 rings (SSSR count). The van der Waals surface area contributed by atoms with Gasteiger partial charge in [-0.1, -0.05) is 54.8 Å². The SMILES string of the molecule is Cc1ccccc1NC(=O)N1CCCCCC1c1ccc(Cl)cc1. The molecule has 3 nitrogen and oxygen atoms in total. The van der Waals surface area contributed by atoms with Gasteiger partial charge >= 0.3 is 6.03 Å². The van der Waals surface area contributed by atoms with E-state index in [1.165, 1.54) is 0 Å². The van der Waals surface area contributed by atoms with E-state index in [4.69, 9.17) is 11.6 Å². The minimum atomic E-state index is -0.0221. The largest absolute Gasteiger partial charge is 0.322 e. The van der Waals surface area contributed by atoms with Crippen molar-refractivity contribution in [3.05, 3.63) is 64.7 Å². The molecule has 24 heavy (non-hydrogen) atoms. The van der Waals surface area contributed by atoms with Crippen molar-refractivity contribution >= 4 is 23.3 Å². The van der Waals surface area contributed by atoms with Gasteiger partial charge in [-0.25, -0.2) is 4.79 Å². The fourth-order valence-corrected chi connectivity index (χ4v) is 3.41. The van der Waals surface area contributed by atoms with E-state index in [2.05, 4.69) is 5.32 Å². The second-order valence-corrected chi connectivity index (χ2v) is 6.79. The number of carbonyl (C=O) groups is 1. The maximum absolute atomic E-state index is 12.9. The third-order valence-corrected chi connectivity index (χ3v) is 4.91. The minimum absolute atomic E-state index is 0.0221. The van der Waals surface area contributed by atoms with Crippen LogP contribution in [0.15, 0.2) is 48.5 Å². The molecule has 0 spiro atoms. The lowest BCUT2D eigenvalue weighted by Gasteiger charge is -2.31. The third kappa shape index (κ3) is 3.90. The van der Waals surface area contributed by atoms with Gasteiger partial charge in [-0.05, 0) is 49.1 Å². The first-order valence-corrected chi connectivity index (χ1v) is 8.91. The van der Waals surface area contributed by atoms with E-state index in [1.807, 2.05) is 60.4 Å². The van der Waals surface area contributed by atoms with Gasteiger partial charge in [-0.15, -0.1) is 0 Å². The molecule has 2 aromatic carbocycles. The summed E-state index contributed by atoms with van der Waals surface area (Å²) in [4.78, 5) is 14.9. The maximum atomic E-state index is 12.9. The summed E-state index contributed by atoms with van der Waals surface area (Å²) in [5.41, 5.74) is 3.10. The highest BCUT2D eigenvalue weighted by Crippen LogP contribution is 2.31. The molecule has 0 bridgehead atoms. The monoisotopic (exact) mass is 342 g/mol. The lowest BCUT2D eigenvalue weighted by atomic mass is 10.0. The Hall–Kier alpha value is -2.00. The normalized spacial score (nSPS) is 18.1. The van der Waals surface area contributed by atoms with Crippen LogP contribution in [0, 0.1) is 6.92 Å². The second-order valence-electron chi connectivity index (χ2n) is 6.36. The Morgan fingerprint density at radius 3 is 2.58 bits per heavy atom. The van der Waals surface area contributed by atoms with E-state index in [0.717, 1.165) is 54.1 Å². The van der Waals surface area contributed by atoms with Crippen molar-refractivity contribution in [3.8, 4) is 0 Å². The lowest BCUT2D eigenvalue weighted by molar-refractivity contribution is 0.189. The minimum Gasteiger partial charge on any atom is -0.317 e. The van der Waals surface area contributed by atoms with Gasteiger partial charge in [-0.2, -0.15) is 0 Å². The number of hydrogen-bond acceptors (Lipinski definition) is 1. The van der Waals surface area contributed by atoms with Gasteiger partial charge in [0.15, 0.2) is 0 Å². The van der Waals surface area contributed by atoms with Crippen molar-refractivity contribution in [1.29, 1.82) is 0 Å². The molecule has 1 fully saturated rings. The quantitative estimate of drug-likeness (QED) is 0.735. The zero-order valence-electron chi connectivity index (χ0n) is 14.0. The van der Waals surface area contributed by atoms with Gasteiger partial charge in [0.05, 0.1) is 6.04 Å². The van der Waals surface area contributed by atoms with Crippen molar-refractivity contribution in [3.63, 3.8) is 0 Å². The van der Waals surface area contributed by atoms with Crippen LogP contribution in [0.3, 0.4) is 0 Å². The Kier molecular flexibility index (Phi) is 5.41. The third-order valence-electron chi connectivity index (χ3n) is 4.66. The molecule has 0 aromatic heterocycles. The molecule has 2 amide bonds. The number of para-hydroxylation sites is 1. The molecule has 1 unspecified atom stereocenters. The molecule has 2 aromatic rings. The molecule has 1 atom stereocenters. The highest BCUT2D eigenvalue weighted by atomic mass is 35.5. The molecule has 0 aliphatic carbocycles. The summed E-state index contributed by atoms with van der Waals surface area (Å²) >= 11 is 6.01. The van der Waals surface area contributed by atoms with E-state index < -0.39 is 0 Å². The number of likely N-dealkylation sites (tertiary alicyclic amines) is 1. The lowest BCUT2D eigenvalue weighted by Crippen LogP contribution is -2.38. The predicted molar refractivity (Wildman–Crippen MR) is 99.6 cm³/mol. The van der Waals surface area contributed by atoms with E-state index in [0.29, 0.717) is 0 Å². The number of nitrogens with one attached hydrogen (secondary N) is 1. The highest BCUT2D eigenvalue weighted by Gasteiger charge is 2.27. The topological polar surface area (TPSA) is 32.3 Å². The predicted octanol–water partition coefficient (Wildman–Crippen LogP) is 5.80. The second kappa shape index (κ2) is 7.71. The van der Waals surface area contributed by atoms with Gasteiger partial charge in [0.2, 0.25) is 0 Å². The van der Waals surface area contributed by atoms with Gasteiger partial charge in [0, 0.05) is 17.3 Å². The van der Waals surface area contributed by atoms with Gasteiger partial charge in [0.25, 0.3) is 0 Å². The van der Waals surface area contributed by atoms with Crippen LogP contribution in [0.4, 0.5) is 10.5 Å². The average molecular weight is 343 g/mol. The number of carbonyl (C=O) groups excluding carboxylic acids is 1. The summed E-state index contributed by atoms with van der Waals surface area (Å²) < 4.78 is 0. The molecular formula is C20H23ClN2O. The number of rotatable bonds is 2. The summed E-state index contributed by atoms with van der Waals surface area (Å²) in [6, 6.07) is 15.8. The van der Waals surface area contributed by atoms with Crippen molar-refractivity contribution < 1.29 is 4.79 Å². The van der Waals surface area contributed by atoms with Gasteiger partial charge in [0.1, 0.15) is 0 Å². The van der Waals surface area contributed by atoms with Crippen LogP contribution >= 0.6 is 11.6 Å². The summed E-state index contributed by atoms with van der Waals surface area (Å²) in [6.45, 7) is 2.79. The first-order chi connectivity index (χ1) is 11.6. The van der Waals surface area contributed by atoms with Crippen molar-refractivity contribution in [2.24, 2.45) is 0 Å². The van der Waals surface area contributed by atoms with Gasteiger partial charge in [-0.3, -0.25) is 0 Å². The van der Waals surface area contributed by atoms with E-state index in [-0.39, 0.29) is 12.1 Å². The molecule has 0 saturated carbocycles. The Morgan fingerprint density at radius 1 is 1.08 bits per heavy atom. The summed E-state index contributed by atoms with van der Waals surface area (Å²) in [5, 5.41) is 3.81. The molecular weight excluding hydrogens is 320 g/mol. The summed E-state index contributed by atoms with van der Waals surface area (Å²) in [7, 11) is 0. The fraction of sp³-hybridized carbons (Fsp3) is 0.350. The molecule has 1 aliphatic rings. The molecule has 1 aliphatic heterocycles. The number of halogens is 1. The van der Waals surface area contributed by atoms with Crippen molar-refractivity contribution in [1.82, 2.24) is 4.90 Å². The standard InChI is InChI=1S/C20H23ClN2O/c1-15-7-4-5-8-18(15)22-20(24)23-14-6-2-3-9-19(23)16-10-12-17(21)13-11-16/h4-5,7-8,10-13,19H,2-3,6,9,14H2,1H3,(H,22,24). The van der Waals surface area contributed by atoms with Crippen molar-refractivity contribution in [2.75, 3.05) is 11.9 Å². The maximum Gasteiger partial charge on any atom is 0.322 e. The van der Waals surface area contributed by atoms with E-state index in [1.54, 1.807) is 0 Å².